The number of amides is 1. The van der Waals surface area contributed by atoms with Gasteiger partial charge in [0.2, 0.25) is 5.91 Å². The molecule has 1 unspecified atom stereocenters. The summed E-state index contributed by atoms with van der Waals surface area (Å²) in [5.74, 6) is 0.731. The Bertz CT molecular complexity index is 950. The molecule has 7 heteroatoms. The van der Waals surface area contributed by atoms with E-state index < -0.39 is 9.84 Å². The van der Waals surface area contributed by atoms with Gasteiger partial charge in [-0.05, 0) is 31.4 Å². The fraction of sp³-hybridized carbons (Fsp3) is 0.524. The van der Waals surface area contributed by atoms with Crippen LogP contribution in [-0.4, -0.2) is 53.6 Å². The van der Waals surface area contributed by atoms with Crippen LogP contribution < -0.4 is 0 Å². The van der Waals surface area contributed by atoms with E-state index in [0.29, 0.717) is 12.2 Å². The molecule has 2 fully saturated rings. The van der Waals surface area contributed by atoms with Crippen LogP contribution in [-0.2, 0) is 14.6 Å². The van der Waals surface area contributed by atoms with Crippen LogP contribution in [0.3, 0.4) is 0 Å². The molecule has 1 atom stereocenters. The van der Waals surface area contributed by atoms with Gasteiger partial charge in [-0.1, -0.05) is 37.5 Å². The van der Waals surface area contributed by atoms with Gasteiger partial charge in [0.15, 0.2) is 9.84 Å². The summed E-state index contributed by atoms with van der Waals surface area (Å²) < 4.78 is 24.1. The zero-order valence-corrected chi connectivity index (χ0v) is 17.6. The van der Waals surface area contributed by atoms with E-state index in [1.807, 2.05) is 35.2 Å². The maximum atomic E-state index is 13.2. The second kappa shape index (κ2) is 8.41. The van der Waals surface area contributed by atoms with Crippen LogP contribution >= 0.6 is 11.8 Å². The highest BCUT2D eigenvalue weighted by Crippen LogP contribution is 2.31. The number of para-hydroxylation sites is 1. The molecule has 4 rings (SSSR count). The third-order valence-corrected chi connectivity index (χ3v) is 8.63. The highest BCUT2D eigenvalue weighted by molar-refractivity contribution is 8.00. The summed E-state index contributed by atoms with van der Waals surface area (Å²) in [5, 5.41) is 1.05. The number of hydrogen-bond acceptors (Lipinski definition) is 5. The van der Waals surface area contributed by atoms with Crippen LogP contribution in [0.4, 0.5) is 0 Å². The fourth-order valence-electron chi connectivity index (χ4n) is 4.47. The predicted molar refractivity (Wildman–Crippen MR) is 113 cm³/mol. The molecule has 0 radical (unpaired) electrons. The van der Waals surface area contributed by atoms with Crippen molar-refractivity contribution in [2.45, 2.75) is 55.5 Å². The molecule has 0 bridgehead atoms. The molecule has 0 N–H and O–H groups in total. The number of nitrogens with zero attached hydrogens (tertiary/aromatic N) is 2. The molecule has 1 aromatic carbocycles. The molecule has 1 aliphatic heterocycles. The third kappa shape index (κ3) is 4.35. The number of hydrogen-bond donors (Lipinski definition) is 0. The number of carbonyl (C=O) groups is 1. The zero-order valence-electron chi connectivity index (χ0n) is 15.9. The van der Waals surface area contributed by atoms with Crippen LogP contribution in [0, 0.1) is 0 Å². The van der Waals surface area contributed by atoms with Gasteiger partial charge in [0.25, 0.3) is 0 Å². The largest absolute Gasteiger partial charge is 0.335 e. The smallest absolute Gasteiger partial charge is 0.233 e. The molecular formula is C21H26N2O3S2. The van der Waals surface area contributed by atoms with Gasteiger partial charge in [0.1, 0.15) is 0 Å². The van der Waals surface area contributed by atoms with Gasteiger partial charge in [-0.3, -0.25) is 9.78 Å². The molecule has 0 spiro atoms. The van der Waals surface area contributed by atoms with E-state index in [4.69, 9.17) is 0 Å². The topological polar surface area (TPSA) is 67.3 Å². The van der Waals surface area contributed by atoms with Gasteiger partial charge in [0, 0.05) is 28.6 Å². The Hall–Kier alpha value is -1.60. The molecule has 150 valence electrons. The minimum absolute atomic E-state index is 0.0693. The lowest BCUT2D eigenvalue weighted by Gasteiger charge is -2.38. The van der Waals surface area contributed by atoms with Crippen molar-refractivity contribution in [1.82, 2.24) is 9.88 Å². The van der Waals surface area contributed by atoms with Crippen molar-refractivity contribution in [2.75, 3.05) is 17.3 Å². The van der Waals surface area contributed by atoms with Crippen molar-refractivity contribution < 1.29 is 13.2 Å². The van der Waals surface area contributed by atoms with E-state index in [1.54, 1.807) is 6.20 Å². The van der Waals surface area contributed by atoms with E-state index in [0.717, 1.165) is 41.5 Å². The summed E-state index contributed by atoms with van der Waals surface area (Å²) in [6.07, 6.45) is 7.78. The van der Waals surface area contributed by atoms with Crippen molar-refractivity contribution in [3.8, 4) is 0 Å². The van der Waals surface area contributed by atoms with E-state index >= 15 is 0 Å². The number of pyridine rings is 1. The molecule has 1 amide bonds. The van der Waals surface area contributed by atoms with E-state index in [2.05, 4.69) is 4.98 Å². The highest BCUT2D eigenvalue weighted by atomic mass is 32.2. The fourth-order valence-corrected chi connectivity index (χ4v) is 7.09. The first-order valence-electron chi connectivity index (χ1n) is 10.0. The average molecular weight is 419 g/mol. The normalized spacial score (nSPS) is 22.4. The summed E-state index contributed by atoms with van der Waals surface area (Å²) in [6, 6.07) is 9.92. The zero-order chi connectivity index (χ0) is 19.6. The molecular weight excluding hydrogens is 392 g/mol. The second-order valence-electron chi connectivity index (χ2n) is 7.76. The Morgan fingerprint density at radius 3 is 2.61 bits per heavy atom. The Morgan fingerprint density at radius 1 is 1.07 bits per heavy atom. The Labute approximate surface area is 170 Å². The lowest BCUT2D eigenvalue weighted by atomic mass is 9.93. The maximum absolute atomic E-state index is 13.2. The number of aromatic nitrogens is 1. The quantitative estimate of drug-likeness (QED) is 0.693. The Kier molecular flexibility index (Phi) is 5.92. The summed E-state index contributed by atoms with van der Waals surface area (Å²) in [4.78, 5) is 20.6. The molecule has 1 saturated heterocycles. The molecule has 2 aromatic rings. The van der Waals surface area contributed by atoms with Crippen LogP contribution in [0.5, 0.6) is 0 Å². The van der Waals surface area contributed by atoms with Gasteiger partial charge in [-0.2, -0.15) is 0 Å². The van der Waals surface area contributed by atoms with Gasteiger partial charge < -0.3 is 4.90 Å². The minimum atomic E-state index is -3.02. The first kappa shape index (κ1) is 19.7. The number of carbonyl (C=O) groups excluding carboxylic acids is 1. The molecule has 1 aromatic heterocycles. The molecule has 28 heavy (non-hydrogen) atoms. The van der Waals surface area contributed by atoms with Crippen molar-refractivity contribution in [2.24, 2.45) is 0 Å². The van der Waals surface area contributed by atoms with Crippen molar-refractivity contribution >= 4 is 38.4 Å². The molecule has 2 aliphatic rings. The summed E-state index contributed by atoms with van der Waals surface area (Å²) in [5.41, 5.74) is 0.922. The molecule has 1 aliphatic carbocycles. The summed E-state index contributed by atoms with van der Waals surface area (Å²) in [6.45, 7) is 0. The van der Waals surface area contributed by atoms with Crippen LogP contribution in [0.15, 0.2) is 41.4 Å². The van der Waals surface area contributed by atoms with Crippen LogP contribution in [0.2, 0.25) is 0 Å². The summed E-state index contributed by atoms with van der Waals surface area (Å²) >= 11 is 1.53. The SMILES string of the molecule is O=C(CSc1ccnc2ccccc12)N(C1CCCCC1)C1CCS(=O)(=O)C1. The maximum Gasteiger partial charge on any atom is 0.233 e. The van der Waals surface area contributed by atoms with Crippen LogP contribution in [0.1, 0.15) is 38.5 Å². The van der Waals surface area contributed by atoms with Crippen molar-refractivity contribution in [3.63, 3.8) is 0 Å². The van der Waals surface area contributed by atoms with Crippen molar-refractivity contribution in [1.29, 1.82) is 0 Å². The molecule has 2 heterocycles. The number of benzene rings is 1. The van der Waals surface area contributed by atoms with Gasteiger partial charge in [-0.25, -0.2) is 8.42 Å². The monoisotopic (exact) mass is 418 g/mol. The number of fused-ring (bicyclic) bond motifs is 1. The Morgan fingerprint density at radius 2 is 1.86 bits per heavy atom. The van der Waals surface area contributed by atoms with E-state index in [-0.39, 0.29) is 29.5 Å². The first-order valence-corrected chi connectivity index (χ1v) is 12.8. The van der Waals surface area contributed by atoms with Gasteiger partial charge in [-0.15, -0.1) is 11.8 Å². The highest BCUT2D eigenvalue weighted by Gasteiger charge is 2.38. The number of sulfone groups is 1. The van der Waals surface area contributed by atoms with Gasteiger partial charge >= 0.3 is 0 Å². The van der Waals surface area contributed by atoms with Crippen LogP contribution in [0.25, 0.3) is 10.9 Å². The minimum Gasteiger partial charge on any atom is -0.335 e. The first-order chi connectivity index (χ1) is 13.5. The summed E-state index contributed by atoms with van der Waals surface area (Å²) in [7, 11) is -3.02. The standard InChI is InChI=1S/C21H26N2O3S2/c24-21(14-27-20-10-12-22-19-9-5-4-8-18(19)20)23(16-6-2-1-3-7-16)17-11-13-28(25,26)15-17/h4-5,8-10,12,16-17H,1-3,6-7,11,13-15H2. The predicted octanol–water partition coefficient (Wildman–Crippen LogP) is 3.68. The molecule has 5 nitrogen and oxygen atoms in total. The molecule has 1 saturated carbocycles. The third-order valence-electron chi connectivity index (χ3n) is 5.82. The lowest BCUT2D eigenvalue weighted by Crippen LogP contribution is -2.49. The second-order valence-corrected chi connectivity index (χ2v) is 11.0. The average Bonchev–Trinajstić information content (AvgIpc) is 3.06. The van der Waals surface area contributed by atoms with Gasteiger partial charge in [0.05, 0.1) is 22.8 Å². The number of thioether (sulfide) groups is 1. The van der Waals surface area contributed by atoms with E-state index in [9.17, 15) is 13.2 Å². The van der Waals surface area contributed by atoms with E-state index in [1.165, 1.54) is 18.2 Å². The van der Waals surface area contributed by atoms with Crippen molar-refractivity contribution in [3.05, 3.63) is 36.5 Å². The Balaban J connectivity index is 1.52. The number of rotatable bonds is 5. The lowest BCUT2D eigenvalue weighted by molar-refractivity contribution is -0.133.